The van der Waals surface area contributed by atoms with E-state index in [1.807, 2.05) is 0 Å². The molecule has 0 bridgehead atoms. The van der Waals surface area contributed by atoms with Gasteiger partial charge in [0.1, 0.15) is 0 Å². The Kier molecular flexibility index (Phi) is 4.79. The van der Waals surface area contributed by atoms with E-state index in [9.17, 15) is 4.79 Å². The van der Waals surface area contributed by atoms with Gasteiger partial charge in [0, 0.05) is 25.2 Å². The van der Waals surface area contributed by atoms with Crippen molar-refractivity contribution in [1.82, 2.24) is 10.2 Å². The lowest BCUT2D eigenvalue weighted by Crippen LogP contribution is -2.54. The molecule has 120 valence electrons. The molecule has 4 nitrogen and oxygen atoms in total. The maximum atomic E-state index is 11.0. The molecule has 4 heteroatoms. The van der Waals surface area contributed by atoms with Gasteiger partial charge in [-0.15, -0.1) is 0 Å². The summed E-state index contributed by atoms with van der Waals surface area (Å²) < 4.78 is 0. The van der Waals surface area contributed by atoms with Gasteiger partial charge in [-0.3, -0.25) is 9.69 Å². The van der Waals surface area contributed by atoms with E-state index in [2.05, 4.69) is 41.4 Å². The van der Waals surface area contributed by atoms with Gasteiger partial charge in [-0.1, -0.05) is 29.8 Å². The minimum atomic E-state index is -0.697. The Hall–Kier alpha value is -1.39. The molecular formula is C18H26N2O2. The Morgan fingerprint density at radius 2 is 2.14 bits per heavy atom. The zero-order valence-corrected chi connectivity index (χ0v) is 13.3. The van der Waals surface area contributed by atoms with Crippen LogP contribution in [0.5, 0.6) is 0 Å². The molecule has 0 atom stereocenters. The Labute approximate surface area is 132 Å². The molecule has 2 aliphatic carbocycles. The molecule has 2 saturated carbocycles. The molecule has 0 amide bonds. The highest BCUT2D eigenvalue weighted by molar-refractivity contribution is 5.69. The van der Waals surface area contributed by atoms with Crippen molar-refractivity contribution in [2.75, 3.05) is 13.1 Å². The number of benzene rings is 1. The fraction of sp³-hybridized carbons (Fsp3) is 0.611. The number of rotatable bonds is 8. The summed E-state index contributed by atoms with van der Waals surface area (Å²) in [5, 5.41) is 12.7. The Balaban J connectivity index is 1.42. The summed E-state index contributed by atoms with van der Waals surface area (Å²) in [5.74, 6) is 0.0514. The van der Waals surface area contributed by atoms with Gasteiger partial charge in [0.25, 0.3) is 0 Å². The van der Waals surface area contributed by atoms with Crippen molar-refractivity contribution in [1.29, 1.82) is 0 Å². The molecular weight excluding hydrogens is 276 g/mol. The van der Waals surface area contributed by atoms with Crippen molar-refractivity contribution in [3.63, 3.8) is 0 Å². The average Bonchev–Trinajstić information content (AvgIpc) is 3.20. The number of carboxylic acid groups (broad SMARTS) is 1. The van der Waals surface area contributed by atoms with Gasteiger partial charge in [-0.2, -0.15) is 0 Å². The third kappa shape index (κ3) is 4.31. The monoisotopic (exact) mass is 302 g/mol. The highest BCUT2D eigenvalue weighted by Gasteiger charge is 2.36. The van der Waals surface area contributed by atoms with E-state index in [-0.39, 0.29) is 6.54 Å². The second kappa shape index (κ2) is 6.80. The Morgan fingerprint density at radius 3 is 2.77 bits per heavy atom. The van der Waals surface area contributed by atoms with Crippen LogP contribution in [0.4, 0.5) is 0 Å². The predicted octanol–water partition coefficient (Wildman–Crippen LogP) is 2.41. The maximum absolute atomic E-state index is 11.0. The molecule has 1 aromatic rings. The summed E-state index contributed by atoms with van der Waals surface area (Å²) in [6.45, 7) is 4.19. The van der Waals surface area contributed by atoms with Gasteiger partial charge in [0.15, 0.2) is 0 Å². The zero-order valence-electron chi connectivity index (χ0n) is 13.3. The number of nitrogens with zero attached hydrogens (tertiary/aromatic N) is 1. The van der Waals surface area contributed by atoms with Crippen molar-refractivity contribution in [3.8, 4) is 0 Å². The van der Waals surface area contributed by atoms with E-state index in [4.69, 9.17) is 5.11 Å². The largest absolute Gasteiger partial charge is 0.480 e. The molecule has 2 fully saturated rings. The Morgan fingerprint density at radius 1 is 1.36 bits per heavy atom. The number of carbonyl (C=O) groups is 1. The quantitative estimate of drug-likeness (QED) is 0.774. The van der Waals surface area contributed by atoms with Gasteiger partial charge in [-0.05, 0) is 44.1 Å². The molecule has 0 aliphatic heterocycles. The molecule has 0 spiro atoms. The van der Waals surface area contributed by atoms with Crippen LogP contribution in [0.1, 0.15) is 36.8 Å². The molecule has 0 aromatic heterocycles. The van der Waals surface area contributed by atoms with Crippen LogP contribution in [0.15, 0.2) is 24.3 Å². The lowest BCUT2D eigenvalue weighted by Gasteiger charge is -2.43. The molecule has 2 aliphatic rings. The molecule has 2 N–H and O–H groups in total. The maximum Gasteiger partial charge on any atom is 0.317 e. The van der Waals surface area contributed by atoms with Gasteiger partial charge in [0.05, 0.1) is 6.54 Å². The van der Waals surface area contributed by atoms with Crippen LogP contribution in [0.2, 0.25) is 0 Å². The van der Waals surface area contributed by atoms with Crippen molar-refractivity contribution in [2.24, 2.45) is 5.92 Å². The molecule has 0 saturated heterocycles. The predicted molar refractivity (Wildman–Crippen MR) is 86.8 cm³/mol. The normalized spacial score (nSPS) is 24.3. The van der Waals surface area contributed by atoms with Crippen LogP contribution in [0.25, 0.3) is 0 Å². The number of hydrogen-bond donors (Lipinski definition) is 2. The first-order valence-electron chi connectivity index (χ1n) is 8.35. The highest BCUT2D eigenvalue weighted by atomic mass is 16.4. The van der Waals surface area contributed by atoms with Crippen molar-refractivity contribution < 1.29 is 9.90 Å². The smallest absolute Gasteiger partial charge is 0.317 e. The SMILES string of the molecule is Cc1cccc(CNC2CC(N(CC(=O)O)CC3CC3)C2)c1. The summed E-state index contributed by atoms with van der Waals surface area (Å²) in [5.41, 5.74) is 2.62. The molecule has 1 aromatic carbocycles. The standard InChI is InChI=1S/C18H26N2O2/c1-13-3-2-4-15(7-13)10-19-16-8-17(9-16)20(12-18(21)22)11-14-5-6-14/h2-4,7,14,16-17,19H,5-6,8-12H2,1H3,(H,21,22). The molecule has 0 radical (unpaired) electrons. The van der Waals surface area contributed by atoms with E-state index in [1.54, 1.807) is 0 Å². The van der Waals surface area contributed by atoms with E-state index >= 15 is 0 Å². The van der Waals surface area contributed by atoms with Crippen LogP contribution in [-0.2, 0) is 11.3 Å². The van der Waals surface area contributed by atoms with E-state index in [1.165, 1.54) is 24.0 Å². The Bertz CT molecular complexity index is 522. The first kappa shape index (κ1) is 15.5. The third-order valence-corrected chi connectivity index (χ3v) is 4.83. The minimum absolute atomic E-state index is 0.200. The van der Waals surface area contributed by atoms with E-state index < -0.39 is 5.97 Å². The summed E-state index contributed by atoms with van der Waals surface area (Å²) in [6, 6.07) is 9.56. The van der Waals surface area contributed by atoms with Crippen LogP contribution >= 0.6 is 0 Å². The van der Waals surface area contributed by atoms with Gasteiger partial charge >= 0.3 is 5.97 Å². The highest BCUT2D eigenvalue weighted by Crippen LogP contribution is 2.33. The van der Waals surface area contributed by atoms with Crippen LogP contribution in [0.3, 0.4) is 0 Å². The second-order valence-corrected chi connectivity index (χ2v) is 6.96. The topological polar surface area (TPSA) is 52.6 Å². The van der Waals surface area contributed by atoms with Crippen LogP contribution < -0.4 is 5.32 Å². The van der Waals surface area contributed by atoms with Gasteiger partial charge < -0.3 is 10.4 Å². The number of hydrogen-bond acceptors (Lipinski definition) is 3. The third-order valence-electron chi connectivity index (χ3n) is 4.83. The molecule has 22 heavy (non-hydrogen) atoms. The molecule has 0 unspecified atom stereocenters. The lowest BCUT2D eigenvalue weighted by atomic mass is 9.85. The fourth-order valence-corrected chi connectivity index (χ4v) is 3.29. The van der Waals surface area contributed by atoms with E-state index in [0.29, 0.717) is 12.1 Å². The van der Waals surface area contributed by atoms with Crippen molar-refractivity contribution >= 4 is 5.97 Å². The van der Waals surface area contributed by atoms with Crippen LogP contribution in [-0.4, -0.2) is 41.1 Å². The van der Waals surface area contributed by atoms with Crippen LogP contribution in [0, 0.1) is 12.8 Å². The van der Waals surface area contributed by atoms with Gasteiger partial charge in [-0.25, -0.2) is 0 Å². The summed E-state index contributed by atoms with van der Waals surface area (Å²) in [6.07, 6.45) is 4.70. The second-order valence-electron chi connectivity index (χ2n) is 6.96. The zero-order chi connectivity index (χ0) is 15.5. The van der Waals surface area contributed by atoms with E-state index in [0.717, 1.165) is 31.8 Å². The fourth-order valence-electron chi connectivity index (χ4n) is 3.29. The first-order chi connectivity index (χ1) is 10.6. The summed E-state index contributed by atoms with van der Waals surface area (Å²) in [4.78, 5) is 13.2. The minimum Gasteiger partial charge on any atom is -0.480 e. The summed E-state index contributed by atoms with van der Waals surface area (Å²) in [7, 11) is 0. The molecule has 0 heterocycles. The number of nitrogens with one attached hydrogen (secondary N) is 1. The average molecular weight is 302 g/mol. The lowest BCUT2D eigenvalue weighted by molar-refractivity contribution is -0.139. The number of carboxylic acids is 1. The van der Waals surface area contributed by atoms with Gasteiger partial charge in [0.2, 0.25) is 0 Å². The van der Waals surface area contributed by atoms with Crippen molar-refractivity contribution in [2.45, 2.75) is 51.2 Å². The number of aryl methyl sites for hydroxylation is 1. The number of aliphatic carboxylic acids is 1. The molecule has 3 rings (SSSR count). The summed E-state index contributed by atoms with van der Waals surface area (Å²) >= 11 is 0. The van der Waals surface area contributed by atoms with Crippen molar-refractivity contribution in [3.05, 3.63) is 35.4 Å². The first-order valence-corrected chi connectivity index (χ1v) is 8.35.